The molecule has 4 nitrogen and oxygen atoms in total. The number of carboxylic acid groups (broad SMARTS) is 1. The van der Waals surface area contributed by atoms with Crippen molar-refractivity contribution >= 4 is 11.9 Å². The van der Waals surface area contributed by atoms with Gasteiger partial charge in [-0.3, -0.25) is 4.79 Å². The van der Waals surface area contributed by atoms with Crippen molar-refractivity contribution in [1.82, 2.24) is 5.32 Å². The lowest BCUT2D eigenvalue weighted by Crippen LogP contribution is -2.51. The number of amides is 1. The average molecular weight is 289 g/mol. The number of carbonyl (C=O) groups is 2. The van der Waals surface area contributed by atoms with E-state index in [0.29, 0.717) is 5.56 Å². The molecule has 2 rings (SSSR count). The molecule has 1 aromatic carbocycles. The summed E-state index contributed by atoms with van der Waals surface area (Å²) in [7, 11) is 0. The van der Waals surface area contributed by atoms with Crippen molar-refractivity contribution in [3.8, 4) is 0 Å². The van der Waals surface area contributed by atoms with Gasteiger partial charge in [-0.2, -0.15) is 0 Å². The SMILES string of the molecule is CC(NC(=O)C1CCCCCC1)(C(=O)O)c1ccccc1. The first kappa shape index (κ1) is 15.5. The van der Waals surface area contributed by atoms with E-state index in [-0.39, 0.29) is 11.8 Å². The molecule has 1 aliphatic rings. The van der Waals surface area contributed by atoms with Crippen LogP contribution in [0.1, 0.15) is 51.0 Å². The highest BCUT2D eigenvalue weighted by Crippen LogP contribution is 2.26. The molecule has 0 radical (unpaired) electrons. The molecule has 1 amide bonds. The lowest BCUT2D eigenvalue weighted by molar-refractivity contribution is -0.148. The van der Waals surface area contributed by atoms with Crippen LogP contribution in [0.4, 0.5) is 0 Å². The monoisotopic (exact) mass is 289 g/mol. The van der Waals surface area contributed by atoms with Crippen molar-refractivity contribution in [2.45, 2.75) is 51.0 Å². The van der Waals surface area contributed by atoms with Crippen LogP contribution in [0.25, 0.3) is 0 Å². The number of carbonyl (C=O) groups excluding carboxylic acids is 1. The third-order valence-corrected chi connectivity index (χ3v) is 4.38. The normalized spacial score (nSPS) is 19.3. The van der Waals surface area contributed by atoms with Gasteiger partial charge in [-0.1, -0.05) is 56.0 Å². The standard InChI is InChI=1S/C17H23NO3/c1-17(16(20)21,14-11-7-4-8-12-14)18-15(19)13-9-5-2-3-6-10-13/h4,7-8,11-13H,2-3,5-6,9-10H2,1H3,(H,18,19)(H,20,21). The highest BCUT2D eigenvalue weighted by molar-refractivity contribution is 5.88. The Labute approximate surface area is 125 Å². The number of rotatable bonds is 4. The van der Waals surface area contributed by atoms with Gasteiger partial charge in [-0.25, -0.2) is 4.79 Å². The van der Waals surface area contributed by atoms with Crippen LogP contribution in [0.15, 0.2) is 30.3 Å². The van der Waals surface area contributed by atoms with Gasteiger partial charge < -0.3 is 10.4 Å². The summed E-state index contributed by atoms with van der Waals surface area (Å²) in [4.78, 5) is 24.2. The maximum Gasteiger partial charge on any atom is 0.333 e. The third-order valence-electron chi connectivity index (χ3n) is 4.38. The average Bonchev–Trinajstić information content (AvgIpc) is 2.77. The predicted molar refractivity (Wildman–Crippen MR) is 80.8 cm³/mol. The molecule has 0 aliphatic heterocycles. The van der Waals surface area contributed by atoms with Crippen molar-refractivity contribution in [1.29, 1.82) is 0 Å². The van der Waals surface area contributed by atoms with Crippen LogP contribution >= 0.6 is 0 Å². The van der Waals surface area contributed by atoms with Crippen LogP contribution in [0.5, 0.6) is 0 Å². The Hall–Kier alpha value is -1.84. The second-order valence-electron chi connectivity index (χ2n) is 5.97. The van der Waals surface area contributed by atoms with Gasteiger partial charge in [-0.05, 0) is 25.3 Å². The summed E-state index contributed by atoms with van der Waals surface area (Å²) in [6.45, 7) is 1.55. The van der Waals surface area contributed by atoms with Crippen molar-refractivity contribution in [2.75, 3.05) is 0 Å². The Morgan fingerprint density at radius 1 is 1.10 bits per heavy atom. The highest BCUT2D eigenvalue weighted by atomic mass is 16.4. The molecule has 0 bridgehead atoms. The zero-order valence-corrected chi connectivity index (χ0v) is 12.5. The number of hydrogen-bond donors (Lipinski definition) is 2. The summed E-state index contributed by atoms with van der Waals surface area (Å²) in [6.07, 6.45) is 6.14. The van der Waals surface area contributed by atoms with Crippen LogP contribution in [0, 0.1) is 5.92 Å². The molecule has 0 saturated heterocycles. The van der Waals surface area contributed by atoms with Crippen LogP contribution in [-0.2, 0) is 15.1 Å². The second-order valence-corrected chi connectivity index (χ2v) is 5.97. The zero-order valence-electron chi connectivity index (χ0n) is 12.5. The quantitative estimate of drug-likeness (QED) is 0.837. The van der Waals surface area contributed by atoms with Crippen LogP contribution in [0.3, 0.4) is 0 Å². The van der Waals surface area contributed by atoms with Gasteiger partial charge in [0.15, 0.2) is 5.54 Å². The Morgan fingerprint density at radius 3 is 2.19 bits per heavy atom. The number of aliphatic carboxylic acids is 1. The number of carboxylic acids is 1. The number of nitrogens with one attached hydrogen (secondary N) is 1. The zero-order chi connectivity index (χ0) is 15.3. The fourth-order valence-corrected chi connectivity index (χ4v) is 2.91. The maximum absolute atomic E-state index is 12.5. The molecule has 0 spiro atoms. The molecule has 1 atom stereocenters. The van der Waals surface area contributed by atoms with E-state index in [2.05, 4.69) is 5.32 Å². The molecule has 4 heteroatoms. The van der Waals surface area contributed by atoms with Gasteiger partial charge in [0.25, 0.3) is 0 Å². The summed E-state index contributed by atoms with van der Waals surface area (Å²) < 4.78 is 0. The minimum Gasteiger partial charge on any atom is -0.479 e. The first-order valence-corrected chi connectivity index (χ1v) is 7.65. The van der Waals surface area contributed by atoms with Crippen LogP contribution < -0.4 is 5.32 Å². The summed E-state index contributed by atoms with van der Waals surface area (Å²) in [5, 5.41) is 12.3. The van der Waals surface area contributed by atoms with E-state index in [1.54, 1.807) is 31.2 Å². The van der Waals surface area contributed by atoms with Crippen molar-refractivity contribution in [3.05, 3.63) is 35.9 Å². The van der Waals surface area contributed by atoms with Crippen molar-refractivity contribution in [3.63, 3.8) is 0 Å². The molecule has 114 valence electrons. The van der Waals surface area contributed by atoms with E-state index in [1.165, 1.54) is 12.8 Å². The Bertz CT molecular complexity index is 492. The van der Waals surface area contributed by atoms with Gasteiger partial charge in [-0.15, -0.1) is 0 Å². The molecule has 1 fully saturated rings. The lowest BCUT2D eigenvalue weighted by atomic mass is 9.90. The van der Waals surface area contributed by atoms with E-state index in [4.69, 9.17) is 0 Å². The fraction of sp³-hybridized carbons (Fsp3) is 0.529. The molecule has 1 aromatic rings. The third kappa shape index (κ3) is 3.63. The second kappa shape index (κ2) is 6.74. The van der Waals surface area contributed by atoms with Crippen molar-refractivity contribution in [2.24, 2.45) is 5.92 Å². The molecule has 1 saturated carbocycles. The van der Waals surface area contributed by atoms with E-state index >= 15 is 0 Å². The van der Waals surface area contributed by atoms with E-state index < -0.39 is 11.5 Å². The Balaban J connectivity index is 2.16. The molecule has 2 N–H and O–H groups in total. The summed E-state index contributed by atoms with van der Waals surface area (Å²) >= 11 is 0. The maximum atomic E-state index is 12.5. The molecule has 1 aliphatic carbocycles. The van der Waals surface area contributed by atoms with Crippen molar-refractivity contribution < 1.29 is 14.7 Å². The van der Waals surface area contributed by atoms with Crippen LogP contribution in [-0.4, -0.2) is 17.0 Å². The number of hydrogen-bond acceptors (Lipinski definition) is 2. The molecular weight excluding hydrogens is 266 g/mol. The van der Waals surface area contributed by atoms with Gasteiger partial charge >= 0.3 is 5.97 Å². The fourth-order valence-electron chi connectivity index (χ4n) is 2.91. The van der Waals surface area contributed by atoms with E-state index in [1.807, 2.05) is 6.07 Å². The minimum atomic E-state index is -1.37. The van der Waals surface area contributed by atoms with E-state index in [9.17, 15) is 14.7 Å². The molecule has 0 aromatic heterocycles. The Kier molecular flexibility index (Phi) is 4.99. The summed E-state index contributed by atoms with van der Waals surface area (Å²) in [5.74, 6) is -1.23. The lowest BCUT2D eigenvalue weighted by Gasteiger charge is -2.29. The van der Waals surface area contributed by atoms with Gasteiger partial charge in [0.2, 0.25) is 5.91 Å². The molecule has 1 unspecified atom stereocenters. The van der Waals surface area contributed by atoms with Gasteiger partial charge in [0.1, 0.15) is 0 Å². The first-order valence-electron chi connectivity index (χ1n) is 7.65. The largest absolute Gasteiger partial charge is 0.479 e. The van der Waals surface area contributed by atoms with Gasteiger partial charge in [0, 0.05) is 5.92 Å². The smallest absolute Gasteiger partial charge is 0.333 e. The molecular formula is C17H23NO3. The highest BCUT2D eigenvalue weighted by Gasteiger charge is 2.38. The van der Waals surface area contributed by atoms with E-state index in [0.717, 1.165) is 25.7 Å². The summed E-state index contributed by atoms with van der Waals surface area (Å²) in [6, 6.07) is 8.88. The van der Waals surface area contributed by atoms with Gasteiger partial charge in [0.05, 0.1) is 0 Å². The minimum absolute atomic E-state index is 0.0603. The number of benzene rings is 1. The predicted octanol–water partition coefficient (Wildman–Crippen LogP) is 3.07. The molecule has 21 heavy (non-hydrogen) atoms. The van der Waals surface area contributed by atoms with Crippen LogP contribution in [0.2, 0.25) is 0 Å². The molecule has 0 heterocycles. The summed E-state index contributed by atoms with van der Waals surface area (Å²) in [5.41, 5.74) is -0.774. The Morgan fingerprint density at radius 2 is 1.67 bits per heavy atom. The topological polar surface area (TPSA) is 66.4 Å². The first-order chi connectivity index (χ1) is 10.0.